The number of halogens is 1. The summed E-state index contributed by atoms with van der Waals surface area (Å²) in [5.41, 5.74) is 1.12. The maximum absolute atomic E-state index is 12.7. The number of hydrogen-bond acceptors (Lipinski definition) is 2. The summed E-state index contributed by atoms with van der Waals surface area (Å²) < 4.78 is 12.7. The van der Waals surface area contributed by atoms with Gasteiger partial charge >= 0.3 is 0 Å². The quantitative estimate of drug-likeness (QED) is 0.723. The van der Waals surface area contributed by atoms with Crippen LogP contribution in [0.3, 0.4) is 0 Å². The van der Waals surface area contributed by atoms with E-state index in [-0.39, 0.29) is 5.82 Å². The van der Waals surface area contributed by atoms with E-state index in [0.717, 1.165) is 31.9 Å². The third-order valence-electron chi connectivity index (χ3n) is 2.70. The Morgan fingerprint density at radius 3 is 1.94 bits per heavy atom. The standard InChI is InChI=1S/C11H15FN2.C2H6/c1-13-6-8-14(9-7-13)11-4-2-10(12)3-5-11;1-2/h2-5H,6-9H2,1H3;1-2H3. The second-order valence-electron chi connectivity index (χ2n) is 3.77. The predicted molar refractivity (Wildman–Crippen MR) is 67.5 cm³/mol. The Morgan fingerprint density at radius 1 is 0.938 bits per heavy atom. The molecule has 1 heterocycles. The number of anilines is 1. The van der Waals surface area contributed by atoms with Crippen molar-refractivity contribution in [2.45, 2.75) is 13.8 Å². The summed E-state index contributed by atoms with van der Waals surface area (Å²) in [5, 5.41) is 0. The Morgan fingerprint density at radius 2 is 1.44 bits per heavy atom. The van der Waals surface area contributed by atoms with Crippen molar-refractivity contribution in [3.63, 3.8) is 0 Å². The van der Waals surface area contributed by atoms with Gasteiger partial charge in [0.05, 0.1) is 0 Å². The Bertz CT molecular complexity index is 289. The summed E-state index contributed by atoms with van der Waals surface area (Å²) in [6, 6.07) is 6.74. The Kier molecular flexibility index (Phi) is 5.26. The molecule has 1 fully saturated rings. The monoisotopic (exact) mass is 224 g/mol. The highest BCUT2D eigenvalue weighted by molar-refractivity contribution is 5.46. The highest BCUT2D eigenvalue weighted by Crippen LogP contribution is 2.16. The van der Waals surface area contributed by atoms with Gasteiger partial charge in [-0.15, -0.1) is 0 Å². The van der Waals surface area contributed by atoms with Crippen molar-refractivity contribution in [3.05, 3.63) is 30.1 Å². The average Bonchev–Trinajstić information content (AvgIpc) is 2.34. The highest BCUT2D eigenvalue weighted by atomic mass is 19.1. The molecule has 0 amide bonds. The number of nitrogens with zero attached hydrogens (tertiary/aromatic N) is 2. The zero-order chi connectivity index (χ0) is 12.0. The van der Waals surface area contributed by atoms with E-state index in [1.807, 2.05) is 26.0 Å². The molecule has 2 rings (SSSR count). The van der Waals surface area contributed by atoms with Crippen LogP contribution in [0.1, 0.15) is 13.8 Å². The summed E-state index contributed by atoms with van der Waals surface area (Å²) in [7, 11) is 2.13. The molecule has 0 bridgehead atoms. The SMILES string of the molecule is CC.CN1CCN(c2ccc(F)cc2)CC1. The van der Waals surface area contributed by atoms with E-state index in [1.165, 1.54) is 12.1 Å². The van der Waals surface area contributed by atoms with Crippen LogP contribution in [0, 0.1) is 5.82 Å². The van der Waals surface area contributed by atoms with Crippen LogP contribution in [-0.2, 0) is 0 Å². The summed E-state index contributed by atoms with van der Waals surface area (Å²) in [6.07, 6.45) is 0. The second kappa shape index (κ2) is 6.48. The van der Waals surface area contributed by atoms with E-state index in [0.29, 0.717) is 0 Å². The maximum Gasteiger partial charge on any atom is 0.123 e. The van der Waals surface area contributed by atoms with Crippen LogP contribution in [-0.4, -0.2) is 38.1 Å². The average molecular weight is 224 g/mol. The van der Waals surface area contributed by atoms with Gasteiger partial charge in [-0.1, -0.05) is 13.8 Å². The molecule has 0 unspecified atom stereocenters. The molecule has 0 aliphatic carbocycles. The minimum Gasteiger partial charge on any atom is -0.369 e. The fraction of sp³-hybridized carbons (Fsp3) is 0.538. The van der Waals surface area contributed by atoms with Crippen LogP contribution < -0.4 is 4.90 Å². The van der Waals surface area contributed by atoms with E-state index >= 15 is 0 Å². The molecular weight excluding hydrogens is 203 g/mol. The molecule has 0 radical (unpaired) electrons. The van der Waals surface area contributed by atoms with Crippen LogP contribution in [0.15, 0.2) is 24.3 Å². The van der Waals surface area contributed by atoms with Crippen molar-refractivity contribution < 1.29 is 4.39 Å². The molecule has 1 aliphatic heterocycles. The molecule has 1 saturated heterocycles. The smallest absolute Gasteiger partial charge is 0.123 e. The third-order valence-corrected chi connectivity index (χ3v) is 2.70. The summed E-state index contributed by atoms with van der Waals surface area (Å²) in [5.74, 6) is -0.164. The predicted octanol–water partition coefficient (Wildman–Crippen LogP) is 2.60. The summed E-state index contributed by atoms with van der Waals surface area (Å²) >= 11 is 0. The van der Waals surface area contributed by atoms with Crippen molar-refractivity contribution in [2.24, 2.45) is 0 Å². The van der Waals surface area contributed by atoms with Gasteiger partial charge in [-0.05, 0) is 31.3 Å². The molecule has 90 valence electrons. The molecule has 0 atom stereocenters. The van der Waals surface area contributed by atoms with Crippen molar-refractivity contribution >= 4 is 5.69 Å². The van der Waals surface area contributed by atoms with E-state index in [9.17, 15) is 4.39 Å². The highest BCUT2D eigenvalue weighted by Gasteiger charge is 2.13. The Labute approximate surface area is 97.7 Å². The van der Waals surface area contributed by atoms with E-state index < -0.39 is 0 Å². The number of likely N-dealkylation sites (N-methyl/N-ethyl adjacent to an activating group) is 1. The second-order valence-corrected chi connectivity index (χ2v) is 3.77. The topological polar surface area (TPSA) is 6.48 Å². The van der Waals surface area contributed by atoms with E-state index in [2.05, 4.69) is 16.8 Å². The zero-order valence-corrected chi connectivity index (χ0v) is 10.4. The van der Waals surface area contributed by atoms with Gasteiger partial charge in [-0.2, -0.15) is 0 Å². The van der Waals surface area contributed by atoms with Crippen molar-refractivity contribution in [1.29, 1.82) is 0 Å². The molecule has 0 aromatic heterocycles. The lowest BCUT2D eigenvalue weighted by molar-refractivity contribution is 0.313. The molecule has 0 spiro atoms. The normalized spacial score (nSPS) is 16.6. The fourth-order valence-corrected chi connectivity index (χ4v) is 1.72. The molecule has 0 saturated carbocycles. The third kappa shape index (κ3) is 3.49. The van der Waals surface area contributed by atoms with Gasteiger partial charge in [0.2, 0.25) is 0 Å². The molecule has 3 heteroatoms. The first-order valence-electron chi connectivity index (χ1n) is 5.95. The summed E-state index contributed by atoms with van der Waals surface area (Å²) in [6.45, 7) is 8.22. The zero-order valence-electron chi connectivity index (χ0n) is 10.4. The van der Waals surface area contributed by atoms with Crippen molar-refractivity contribution in [3.8, 4) is 0 Å². The van der Waals surface area contributed by atoms with Gasteiger partial charge in [0, 0.05) is 31.9 Å². The van der Waals surface area contributed by atoms with Gasteiger partial charge < -0.3 is 9.80 Å². The lowest BCUT2D eigenvalue weighted by Crippen LogP contribution is -2.44. The first-order valence-corrected chi connectivity index (χ1v) is 5.95. The molecular formula is C13H21FN2. The molecule has 0 N–H and O–H groups in total. The molecule has 2 nitrogen and oxygen atoms in total. The lowest BCUT2D eigenvalue weighted by Gasteiger charge is -2.34. The van der Waals surface area contributed by atoms with Crippen molar-refractivity contribution in [1.82, 2.24) is 4.90 Å². The van der Waals surface area contributed by atoms with Crippen LogP contribution in [0.4, 0.5) is 10.1 Å². The lowest BCUT2D eigenvalue weighted by atomic mass is 10.2. The Balaban J connectivity index is 0.000000606. The fourth-order valence-electron chi connectivity index (χ4n) is 1.72. The Hall–Kier alpha value is -1.09. The van der Waals surface area contributed by atoms with Gasteiger partial charge in [-0.25, -0.2) is 4.39 Å². The van der Waals surface area contributed by atoms with Gasteiger partial charge in [-0.3, -0.25) is 0 Å². The van der Waals surface area contributed by atoms with Crippen LogP contribution in [0.2, 0.25) is 0 Å². The minimum atomic E-state index is -0.164. The van der Waals surface area contributed by atoms with Crippen LogP contribution in [0.25, 0.3) is 0 Å². The first kappa shape index (κ1) is 13.0. The number of hydrogen-bond donors (Lipinski definition) is 0. The van der Waals surface area contributed by atoms with E-state index in [1.54, 1.807) is 0 Å². The van der Waals surface area contributed by atoms with Gasteiger partial charge in [0.25, 0.3) is 0 Å². The molecule has 1 aliphatic rings. The van der Waals surface area contributed by atoms with Crippen molar-refractivity contribution in [2.75, 3.05) is 38.1 Å². The molecule has 1 aromatic rings. The largest absolute Gasteiger partial charge is 0.369 e. The van der Waals surface area contributed by atoms with Crippen LogP contribution >= 0.6 is 0 Å². The minimum absolute atomic E-state index is 0.164. The number of benzene rings is 1. The number of piperazine rings is 1. The molecule has 1 aromatic carbocycles. The maximum atomic E-state index is 12.7. The van der Waals surface area contributed by atoms with Crippen LogP contribution in [0.5, 0.6) is 0 Å². The first-order chi connectivity index (χ1) is 7.75. The van der Waals surface area contributed by atoms with Gasteiger partial charge in [0.1, 0.15) is 5.82 Å². The number of rotatable bonds is 1. The summed E-state index contributed by atoms with van der Waals surface area (Å²) in [4.78, 5) is 4.60. The van der Waals surface area contributed by atoms with E-state index in [4.69, 9.17) is 0 Å². The molecule has 16 heavy (non-hydrogen) atoms. The van der Waals surface area contributed by atoms with Gasteiger partial charge in [0.15, 0.2) is 0 Å².